The van der Waals surface area contributed by atoms with Crippen molar-refractivity contribution in [1.82, 2.24) is 5.32 Å². The van der Waals surface area contributed by atoms with E-state index in [4.69, 9.17) is 5.73 Å². The van der Waals surface area contributed by atoms with E-state index in [-0.39, 0.29) is 24.0 Å². The third-order valence-electron chi connectivity index (χ3n) is 4.10. The standard InChI is InChI=1S/C15H22N2O2/c16-11-15(7-4-8-15)9-14(19)17-13(10-18)12-5-2-1-3-6-12/h1-3,5-6,13,18H,4,7-11,16H2,(H,17,19)/t13-/m0/s1. The van der Waals surface area contributed by atoms with Crippen LogP contribution < -0.4 is 11.1 Å². The van der Waals surface area contributed by atoms with Crippen molar-refractivity contribution in [2.45, 2.75) is 31.7 Å². The summed E-state index contributed by atoms with van der Waals surface area (Å²) in [5.41, 5.74) is 6.69. The van der Waals surface area contributed by atoms with E-state index in [9.17, 15) is 9.90 Å². The van der Waals surface area contributed by atoms with Gasteiger partial charge in [-0.05, 0) is 30.4 Å². The number of aliphatic hydroxyl groups excluding tert-OH is 1. The Labute approximate surface area is 114 Å². The number of carbonyl (C=O) groups is 1. The van der Waals surface area contributed by atoms with Crippen molar-refractivity contribution in [2.24, 2.45) is 11.1 Å². The molecule has 0 aliphatic heterocycles. The van der Waals surface area contributed by atoms with E-state index < -0.39 is 0 Å². The number of hydrogen-bond acceptors (Lipinski definition) is 3. The topological polar surface area (TPSA) is 75.4 Å². The van der Waals surface area contributed by atoms with Gasteiger partial charge in [-0.15, -0.1) is 0 Å². The molecular formula is C15H22N2O2. The van der Waals surface area contributed by atoms with Crippen molar-refractivity contribution in [1.29, 1.82) is 0 Å². The minimum atomic E-state index is -0.330. The molecule has 4 N–H and O–H groups in total. The minimum Gasteiger partial charge on any atom is -0.394 e. The summed E-state index contributed by atoms with van der Waals surface area (Å²) in [6.07, 6.45) is 3.69. The zero-order chi connectivity index (χ0) is 13.7. The lowest BCUT2D eigenvalue weighted by Gasteiger charge is -2.40. The van der Waals surface area contributed by atoms with Crippen LogP contribution in [0, 0.1) is 5.41 Å². The normalized spacial score (nSPS) is 18.4. The molecule has 1 fully saturated rings. The molecule has 0 heterocycles. The molecular weight excluding hydrogens is 240 g/mol. The lowest BCUT2D eigenvalue weighted by atomic mass is 9.66. The summed E-state index contributed by atoms with van der Waals surface area (Å²) in [5, 5.41) is 12.3. The lowest BCUT2D eigenvalue weighted by Crippen LogP contribution is -2.43. The van der Waals surface area contributed by atoms with E-state index in [0.717, 1.165) is 24.8 Å². The maximum absolute atomic E-state index is 12.1. The maximum Gasteiger partial charge on any atom is 0.221 e. The van der Waals surface area contributed by atoms with Crippen molar-refractivity contribution in [3.05, 3.63) is 35.9 Å². The number of rotatable bonds is 6. The average Bonchev–Trinajstić information content (AvgIpc) is 2.41. The Hall–Kier alpha value is -1.39. The molecule has 0 aromatic heterocycles. The van der Waals surface area contributed by atoms with E-state index in [1.807, 2.05) is 30.3 Å². The van der Waals surface area contributed by atoms with Gasteiger partial charge >= 0.3 is 0 Å². The molecule has 1 amide bonds. The summed E-state index contributed by atoms with van der Waals surface area (Å²) in [6, 6.07) is 9.20. The van der Waals surface area contributed by atoms with Gasteiger partial charge in [0, 0.05) is 6.42 Å². The van der Waals surface area contributed by atoms with Gasteiger partial charge in [-0.3, -0.25) is 4.79 Å². The number of amides is 1. The lowest BCUT2D eigenvalue weighted by molar-refractivity contribution is -0.125. The van der Waals surface area contributed by atoms with Crippen LogP contribution in [-0.4, -0.2) is 24.2 Å². The molecule has 1 atom stereocenters. The highest BCUT2D eigenvalue weighted by molar-refractivity contribution is 5.77. The number of benzene rings is 1. The van der Waals surface area contributed by atoms with Crippen molar-refractivity contribution >= 4 is 5.91 Å². The summed E-state index contributed by atoms with van der Waals surface area (Å²) < 4.78 is 0. The first-order valence-electron chi connectivity index (χ1n) is 6.84. The van der Waals surface area contributed by atoms with Gasteiger partial charge in [-0.25, -0.2) is 0 Å². The molecule has 0 unspecified atom stereocenters. The molecule has 2 rings (SSSR count). The summed E-state index contributed by atoms with van der Waals surface area (Å²) in [7, 11) is 0. The smallest absolute Gasteiger partial charge is 0.221 e. The SMILES string of the molecule is NCC1(CC(=O)N[C@@H](CO)c2ccccc2)CCC1. The summed E-state index contributed by atoms with van der Waals surface area (Å²) >= 11 is 0. The highest BCUT2D eigenvalue weighted by Gasteiger charge is 2.37. The Morgan fingerprint density at radius 3 is 2.53 bits per heavy atom. The van der Waals surface area contributed by atoms with E-state index in [1.54, 1.807) is 0 Å². The van der Waals surface area contributed by atoms with Crippen molar-refractivity contribution in [3.63, 3.8) is 0 Å². The first-order chi connectivity index (χ1) is 9.19. The van der Waals surface area contributed by atoms with Crippen molar-refractivity contribution in [3.8, 4) is 0 Å². The number of nitrogens with one attached hydrogen (secondary N) is 1. The van der Waals surface area contributed by atoms with E-state index in [2.05, 4.69) is 5.32 Å². The largest absolute Gasteiger partial charge is 0.394 e. The summed E-state index contributed by atoms with van der Waals surface area (Å²) in [4.78, 5) is 12.1. The molecule has 0 radical (unpaired) electrons. The fourth-order valence-electron chi connectivity index (χ4n) is 2.64. The first-order valence-corrected chi connectivity index (χ1v) is 6.84. The predicted molar refractivity (Wildman–Crippen MR) is 74.4 cm³/mol. The average molecular weight is 262 g/mol. The molecule has 0 bridgehead atoms. The summed E-state index contributed by atoms with van der Waals surface area (Å²) in [6.45, 7) is 0.473. The van der Waals surface area contributed by atoms with Crippen LogP contribution in [0.5, 0.6) is 0 Å². The second kappa shape index (κ2) is 6.17. The van der Waals surface area contributed by atoms with Crippen LogP contribution in [0.3, 0.4) is 0 Å². The van der Waals surface area contributed by atoms with Gasteiger partial charge in [0.05, 0.1) is 12.6 Å². The number of carbonyl (C=O) groups excluding carboxylic acids is 1. The van der Waals surface area contributed by atoms with Crippen LogP contribution in [0.1, 0.15) is 37.3 Å². The monoisotopic (exact) mass is 262 g/mol. The van der Waals surface area contributed by atoms with Gasteiger partial charge in [0.2, 0.25) is 5.91 Å². The minimum absolute atomic E-state index is 0.000771. The maximum atomic E-state index is 12.1. The van der Waals surface area contributed by atoms with Crippen LogP contribution in [0.2, 0.25) is 0 Å². The van der Waals surface area contributed by atoms with Crippen LogP contribution in [0.15, 0.2) is 30.3 Å². The molecule has 4 nitrogen and oxygen atoms in total. The van der Waals surface area contributed by atoms with Gasteiger partial charge in [-0.1, -0.05) is 36.8 Å². The van der Waals surface area contributed by atoms with Gasteiger partial charge in [-0.2, -0.15) is 0 Å². The molecule has 19 heavy (non-hydrogen) atoms. The second-order valence-electron chi connectivity index (χ2n) is 5.45. The Morgan fingerprint density at radius 1 is 1.37 bits per heavy atom. The second-order valence-corrected chi connectivity index (χ2v) is 5.45. The van der Waals surface area contributed by atoms with E-state index in [0.29, 0.717) is 13.0 Å². The molecule has 0 spiro atoms. The number of hydrogen-bond donors (Lipinski definition) is 3. The molecule has 1 aromatic carbocycles. The molecule has 1 aliphatic carbocycles. The number of nitrogens with two attached hydrogens (primary N) is 1. The Balaban J connectivity index is 1.93. The third-order valence-corrected chi connectivity index (χ3v) is 4.10. The third kappa shape index (κ3) is 3.33. The first kappa shape index (κ1) is 14.0. The van der Waals surface area contributed by atoms with Crippen molar-refractivity contribution < 1.29 is 9.90 Å². The predicted octanol–water partition coefficient (Wildman–Crippen LogP) is 1.36. The Kier molecular flexibility index (Phi) is 4.56. The zero-order valence-corrected chi connectivity index (χ0v) is 11.1. The van der Waals surface area contributed by atoms with Crippen molar-refractivity contribution in [2.75, 3.05) is 13.2 Å². The fourth-order valence-corrected chi connectivity index (χ4v) is 2.64. The molecule has 1 aliphatic rings. The summed E-state index contributed by atoms with van der Waals surface area (Å²) in [5.74, 6) is -0.0203. The van der Waals surface area contributed by atoms with Gasteiger partial charge < -0.3 is 16.2 Å². The van der Waals surface area contributed by atoms with Crippen LogP contribution >= 0.6 is 0 Å². The Morgan fingerprint density at radius 2 is 2.05 bits per heavy atom. The Bertz CT molecular complexity index is 410. The number of aliphatic hydroxyl groups is 1. The zero-order valence-electron chi connectivity index (χ0n) is 11.1. The van der Waals surface area contributed by atoms with Gasteiger partial charge in [0.25, 0.3) is 0 Å². The molecule has 104 valence electrons. The van der Waals surface area contributed by atoms with Gasteiger partial charge in [0.15, 0.2) is 0 Å². The van der Waals surface area contributed by atoms with Crippen LogP contribution in [-0.2, 0) is 4.79 Å². The van der Waals surface area contributed by atoms with Crippen LogP contribution in [0.4, 0.5) is 0 Å². The highest BCUT2D eigenvalue weighted by Crippen LogP contribution is 2.42. The molecule has 4 heteroatoms. The highest BCUT2D eigenvalue weighted by atomic mass is 16.3. The molecule has 1 aromatic rings. The fraction of sp³-hybridized carbons (Fsp3) is 0.533. The molecule has 1 saturated carbocycles. The van der Waals surface area contributed by atoms with E-state index >= 15 is 0 Å². The quantitative estimate of drug-likeness (QED) is 0.724. The molecule has 0 saturated heterocycles. The van der Waals surface area contributed by atoms with E-state index in [1.165, 1.54) is 0 Å². The van der Waals surface area contributed by atoms with Crippen LogP contribution in [0.25, 0.3) is 0 Å². The van der Waals surface area contributed by atoms with Gasteiger partial charge in [0.1, 0.15) is 0 Å².